The van der Waals surface area contributed by atoms with Gasteiger partial charge in [0, 0.05) is 35.3 Å². The first kappa shape index (κ1) is 14.6. The van der Waals surface area contributed by atoms with Crippen molar-refractivity contribution in [2.24, 2.45) is 11.8 Å². The van der Waals surface area contributed by atoms with Crippen molar-refractivity contribution in [2.75, 3.05) is 19.7 Å². The summed E-state index contributed by atoms with van der Waals surface area (Å²) in [6.07, 6.45) is 1.90. The molecule has 1 aromatic heterocycles. The highest BCUT2D eigenvalue weighted by atomic mass is 32.1. The minimum atomic E-state index is 0.147. The van der Waals surface area contributed by atoms with E-state index in [1.807, 2.05) is 0 Å². The monoisotopic (exact) mass is 277 g/mol. The summed E-state index contributed by atoms with van der Waals surface area (Å²) in [7, 11) is 0. The standard InChI is InChI=1S/C16H23NOS/c1-13(2)15-6-7-17(10-15)11-16-9-14(12-19-16)5-3-4-8-18/h9,12-13,15,18H,4,6-8,10-11H2,1-2H3. The van der Waals surface area contributed by atoms with Gasteiger partial charge >= 0.3 is 0 Å². The second kappa shape index (κ2) is 7.09. The molecule has 1 unspecified atom stereocenters. The summed E-state index contributed by atoms with van der Waals surface area (Å²) >= 11 is 1.80. The van der Waals surface area contributed by atoms with Gasteiger partial charge in [0.15, 0.2) is 0 Å². The average molecular weight is 277 g/mol. The predicted molar refractivity (Wildman–Crippen MR) is 81.1 cm³/mol. The molecule has 1 aliphatic rings. The van der Waals surface area contributed by atoms with Crippen LogP contribution in [-0.2, 0) is 6.54 Å². The van der Waals surface area contributed by atoms with Crippen LogP contribution in [0.25, 0.3) is 0 Å². The molecule has 19 heavy (non-hydrogen) atoms. The molecule has 2 nitrogen and oxygen atoms in total. The third kappa shape index (κ3) is 4.35. The molecule has 2 heterocycles. The molecule has 0 amide bonds. The Morgan fingerprint density at radius 3 is 3.05 bits per heavy atom. The highest BCUT2D eigenvalue weighted by molar-refractivity contribution is 7.10. The molecule has 0 bridgehead atoms. The topological polar surface area (TPSA) is 23.5 Å². The fraction of sp³-hybridized carbons (Fsp3) is 0.625. The van der Waals surface area contributed by atoms with E-state index in [0.717, 1.165) is 23.9 Å². The van der Waals surface area contributed by atoms with Crippen LogP contribution in [-0.4, -0.2) is 29.7 Å². The molecule has 2 rings (SSSR count). The Morgan fingerprint density at radius 1 is 1.53 bits per heavy atom. The largest absolute Gasteiger partial charge is 0.395 e. The molecule has 1 saturated heterocycles. The number of hydrogen-bond acceptors (Lipinski definition) is 3. The van der Waals surface area contributed by atoms with Crippen molar-refractivity contribution >= 4 is 11.3 Å². The minimum Gasteiger partial charge on any atom is -0.395 e. The lowest BCUT2D eigenvalue weighted by atomic mass is 9.95. The Balaban J connectivity index is 1.86. The van der Waals surface area contributed by atoms with Crippen molar-refractivity contribution < 1.29 is 5.11 Å². The van der Waals surface area contributed by atoms with Gasteiger partial charge in [0.1, 0.15) is 0 Å². The number of likely N-dealkylation sites (tertiary alicyclic amines) is 1. The zero-order valence-electron chi connectivity index (χ0n) is 11.9. The van der Waals surface area contributed by atoms with E-state index in [0.29, 0.717) is 6.42 Å². The minimum absolute atomic E-state index is 0.147. The first-order valence-electron chi connectivity index (χ1n) is 7.08. The van der Waals surface area contributed by atoms with Crippen molar-refractivity contribution in [3.05, 3.63) is 21.9 Å². The van der Waals surface area contributed by atoms with Crippen LogP contribution in [0.2, 0.25) is 0 Å². The number of thiophene rings is 1. The van der Waals surface area contributed by atoms with Crippen LogP contribution in [0.3, 0.4) is 0 Å². The first-order chi connectivity index (χ1) is 9.19. The predicted octanol–water partition coefficient (Wildman–Crippen LogP) is 2.96. The van der Waals surface area contributed by atoms with Crippen LogP contribution in [0.1, 0.15) is 37.1 Å². The first-order valence-corrected chi connectivity index (χ1v) is 7.96. The molecule has 0 saturated carbocycles. The molecule has 0 spiro atoms. The molecule has 0 aromatic carbocycles. The Labute approximate surface area is 120 Å². The summed E-state index contributed by atoms with van der Waals surface area (Å²) in [5, 5.41) is 10.8. The van der Waals surface area contributed by atoms with Crippen LogP contribution in [0.15, 0.2) is 11.4 Å². The number of aliphatic hydroxyl groups excluding tert-OH is 1. The van der Waals surface area contributed by atoms with Crippen LogP contribution in [0, 0.1) is 23.7 Å². The van der Waals surface area contributed by atoms with Gasteiger partial charge in [-0.15, -0.1) is 11.3 Å². The highest BCUT2D eigenvalue weighted by Crippen LogP contribution is 2.26. The summed E-state index contributed by atoms with van der Waals surface area (Å²) in [4.78, 5) is 3.96. The van der Waals surface area contributed by atoms with Gasteiger partial charge in [0.2, 0.25) is 0 Å². The summed E-state index contributed by atoms with van der Waals surface area (Å²) < 4.78 is 0. The van der Waals surface area contributed by atoms with Crippen LogP contribution in [0.4, 0.5) is 0 Å². The fourth-order valence-corrected chi connectivity index (χ4v) is 3.38. The van der Waals surface area contributed by atoms with Crippen LogP contribution >= 0.6 is 11.3 Å². The van der Waals surface area contributed by atoms with Crippen LogP contribution in [0.5, 0.6) is 0 Å². The Morgan fingerprint density at radius 2 is 2.37 bits per heavy atom. The summed E-state index contributed by atoms with van der Waals surface area (Å²) in [6, 6.07) is 2.19. The van der Waals surface area contributed by atoms with E-state index in [1.54, 1.807) is 11.3 Å². The molecule has 104 valence electrons. The molecular weight excluding hydrogens is 254 g/mol. The number of aliphatic hydroxyl groups is 1. The molecule has 1 aromatic rings. The van der Waals surface area contributed by atoms with E-state index in [2.05, 4.69) is 42.0 Å². The lowest BCUT2D eigenvalue weighted by molar-refractivity contribution is 0.299. The SMILES string of the molecule is CC(C)C1CCN(Cc2cc(C#CCCO)cs2)C1. The lowest BCUT2D eigenvalue weighted by Crippen LogP contribution is -2.20. The van der Waals surface area contributed by atoms with Gasteiger partial charge in [0.05, 0.1) is 6.61 Å². The molecule has 3 heteroatoms. The van der Waals surface area contributed by atoms with Crippen molar-refractivity contribution in [3.8, 4) is 11.8 Å². The fourth-order valence-electron chi connectivity index (χ4n) is 2.52. The Hall–Kier alpha value is -0.820. The van der Waals surface area contributed by atoms with E-state index >= 15 is 0 Å². The van der Waals surface area contributed by atoms with Gasteiger partial charge in [-0.3, -0.25) is 4.90 Å². The quantitative estimate of drug-likeness (QED) is 0.855. The van der Waals surface area contributed by atoms with E-state index in [4.69, 9.17) is 5.11 Å². The van der Waals surface area contributed by atoms with E-state index in [9.17, 15) is 0 Å². The van der Waals surface area contributed by atoms with Gasteiger partial charge in [-0.25, -0.2) is 0 Å². The maximum absolute atomic E-state index is 8.70. The Kier molecular flexibility index (Phi) is 5.45. The third-order valence-electron chi connectivity index (χ3n) is 3.75. The van der Waals surface area contributed by atoms with Crippen molar-refractivity contribution in [1.29, 1.82) is 0 Å². The number of nitrogens with zero attached hydrogens (tertiary/aromatic N) is 1. The van der Waals surface area contributed by atoms with Crippen LogP contribution < -0.4 is 0 Å². The van der Waals surface area contributed by atoms with Gasteiger partial charge in [-0.2, -0.15) is 0 Å². The smallest absolute Gasteiger partial charge is 0.0540 e. The van der Waals surface area contributed by atoms with Gasteiger partial charge in [-0.1, -0.05) is 25.7 Å². The van der Waals surface area contributed by atoms with E-state index in [-0.39, 0.29) is 6.61 Å². The molecule has 0 aliphatic carbocycles. The highest BCUT2D eigenvalue weighted by Gasteiger charge is 2.24. The van der Waals surface area contributed by atoms with Gasteiger partial charge in [0.25, 0.3) is 0 Å². The zero-order chi connectivity index (χ0) is 13.7. The normalized spacial score (nSPS) is 19.7. The molecule has 1 aliphatic heterocycles. The van der Waals surface area contributed by atoms with Gasteiger partial charge < -0.3 is 5.11 Å². The van der Waals surface area contributed by atoms with Gasteiger partial charge in [-0.05, 0) is 30.9 Å². The summed E-state index contributed by atoms with van der Waals surface area (Å²) in [6.45, 7) is 8.33. The number of hydrogen-bond donors (Lipinski definition) is 1. The van der Waals surface area contributed by atoms with Crippen molar-refractivity contribution in [1.82, 2.24) is 4.90 Å². The molecular formula is C16H23NOS. The average Bonchev–Trinajstić information content (AvgIpc) is 3.00. The maximum atomic E-state index is 8.70. The molecule has 1 fully saturated rings. The summed E-state index contributed by atoms with van der Waals surface area (Å²) in [5.74, 6) is 7.74. The summed E-state index contributed by atoms with van der Waals surface area (Å²) in [5.41, 5.74) is 1.09. The second-order valence-electron chi connectivity index (χ2n) is 5.60. The molecule has 0 radical (unpaired) electrons. The van der Waals surface area contributed by atoms with Crippen molar-refractivity contribution in [3.63, 3.8) is 0 Å². The third-order valence-corrected chi connectivity index (χ3v) is 4.68. The van der Waals surface area contributed by atoms with E-state index < -0.39 is 0 Å². The van der Waals surface area contributed by atoms with Crippen molar-refractivity contribution in [2.45, 2.75) is 33.2 Å². The second-order valence-corrected chi connectivity index (χ2v) is 6.60. The molecule has 1 N–H and O–H groups in total. The maximum Gasteiger partial charge on any atom is 0.0540 e. The molecule has 1 atom stereocenters. The number of rotatable bonds is 4. The lowest BCUT2D eigenvalue weighted by Gasteiger charge is -2.16. The Bertz CT molecular complexity index is 455. The zero-order valence-corrected chi connectivity index (χ0v) is 12.7. The van der Waals surface area contributed by atoms with E-state index in [1.165, 1.54) is 24.4 Å².